The van der Waals surface area contributed by atoms with Crippen LogP contribution >= 0.6 is 7.60 Å². The Kier molecular flexibility index (Phi) is 4.31. The Bertz CT molecular complexity index is 641. The molecule has 2 rings (SSSR count). The van der Waals surface area contributed by atoms with Gasteiger partial charge in [-0.25, -0.2) is 15.0 Å². The molecule has 0 unspecified atom stereocenters. The van der Waals surface area contributed by atoms with E-state index in [4.69, 9.17) is 20.3 Å². The molecule has 0 saturated heterocycles. The van der Waals surface area contributed by atoms with Crippen LogP contribution in [0.25, 0.3) is 11.2 Å². The third-order valence-electron chi connectivity index (χ3n) is 2.51. The van der Waals surface area contributed by atoms with E-state index in [9.17, 15) is 9.67 Å². The number of hydrogen-bond acceptors (Lipinski definition) is 7. The molecule has 10 nitrogen and oxygen atoms in total. The number of aliphatic hydroxyl groups excluding tert-OH is 1. The minimum Gasteiger partial charge on any atom is -0.394 e. The van der Waals surface area contributed by atoms with Gasteiger partial charge in [0.25, 0.3) is 0 Å². The first-order valence-electron chi connectivity index (χ1n) is 5.59. The monoisotopic (exact) mass is 303 g/mol. The first-order chi connectivity index (χ1) is 9.40. The van der Waals surface area contributed by atoms with Crippen molar-refractivity contribution in [3.63, 3.8) is 0 Å². The Morgan fingerprint density at radius 1 is 1.40 bits per heavy atom. The van der Waals surface area contributed by atoms with Crippen LogP contribution in [0.4, 0.5) is 5.82 Å². The van der Waals surface area contributed by atoms with Crippen molar-refractivity contribution in [3.05, 3.63) is 12.7 Å². The Hall–Kier alpha value is -1.58. The minimum atomic E-state index is -4.28. The van der Waals surface area contributed by atoms with Gasteiger partial charge in [0.1, 0.15) is 18.2 Å². The Morgan fingerprint density at radius 2 is 2.15 bits per heavy atom. The summed E-state index contributed by atoms with van der Waals surface area (Å²) < 4.78 is 17.3. The van der Waals surface area contributed by atoms with Gasteiger partial charge in [0.15, 0.2) is 11.5 Å². The van der Waals surface area contributed by atoms with Crippen molar-refractivity contribution in [1.29, 1.82) is 0 Å². The zero-order valence-corrected chi connectivity index (χ0v) is 11.2. The van der Waals surface area contributed by atoms with Gasteiger partial charge in [-0.2, -0.15) is 0 Å². The number of fused-ring (bicyclic) bond motifs is 1. The summed E-state index contributed by atoms with van der Waals surface area (Å²) in [7, 11) is -4.28. The zero-order chi connectivity index (χ0) is 14.8. The van der Waals surface area contributed by atoms with Crippen molar-refractivity contribution in [3.8, 4) is 0 Å². The fourth-order valence-corrected chi connectivity index (χ4v) is 2.02. The first-order valence-corrected chi connectivity index (χ1v) is 7.39. The largest absolute Gasteiger partial charge is 0.394 e. The van der Waals surface area contributed by atoms with Gasteiger partial charge in [-0.3, -0.25) is 4.57 Å². The second kappa shape index (κ2) is 5.81. The molecule has 2 heterocycles. The van der Waals surface area contributed by atoms with Gasteiger partial charge in [0.2, 0.25) is 0 Å². The second-order valence-corrected chi connectivity index (χ2v) is 5.68. The smallest absolute Gasteiger partial charge is 0.350 e. The number of nitrogens with zero attached hydrogens (tertiary/aromatic N) is 4. The molecule has 0 aromatic carbocycles. The minimum absolute atomic E-state index is 0.128. The van der Waals surface area contributed by atoms with Crippen LogP contribution in [0, 0.1) is 0 Å². The van der Waals surface area contributed by atoms with E-state index in [1.165, 1.54) is 12.7 Å². The summed E-state index contributed by atoms with van der Waals surface area (Å²) in [5.41, 5.74) is 6.51. The van der Waals surface area contributed by atoms with Gasteiger partial charge in [-0.05, 0) is 0 Å². The molecule has 0 spiro atoms. The highest BCUT2D eigenvalue weighted by Gasteiger charge is 2.19. The lowest BCUT2D eigenvalue weighted by atomic mass is 10.3. The third-order valence-corrected chi connectivity index (χ3v) is 3.00. The van der Waals surface area contributed by atoms with Gasteiger partial charge >= 0.3 is 7.60 Å². The molecular formula is C9H14N5O5P. The second-order valence-electron chi connectivity index (χ2n) is 4.09. The number of rotatable bonds is 6. The number of aliphatic hydroxyl groups is 1. The van der Waals surface area contributed by atoms with E-state index in [0.29, 0.717) is 11.2 Å². The van der Waals surface area contributed by atoms with E-state index in [1.807, 2.05) is 0 Å². The van der Waals surface area contributed by atoms with Crippen molar-refractivity contribution >= 4 is 24.6 Å². The number of imidazole rings is 1. The average molecular weight is 303 g/mol. The number of nitrogens with two attached hydrogens (primary N) is 1. The SMILES string of the molecule is Nc1ncnc2c1ncn2C[C@H](CO)OCP(=O)(O)O. The highest BCUT2D eigenvalue weighted by Crippen LogP contribution is 2.34. The summed E-state index contributed by atoms with van der Waals surface area (Å²) >= 11 is 0. The van der Waals surface area contributed by atoms with Crippen molar-refractivity contribution in [1.82, 2.24) is 19.5 Å². The summed E-state index contributed by atoms with van der Waals surface area (Å²) in [4.78, 5) is 29.3. The maximum Gasteiger partial charge on any atom is 0.350 e. The van der Waals surface area contributed by atoms with E-state index >= 15 is 0 Å². The average Bonchev–Trinajstić information content (AvgIpc) is 2.78. The molecule has 0 aliphatic carbocycles. The van der Waals surface area contributed by atoms with Crippen LogP contribution < -0.4 is 5.73 Å². The van der Waals surface area contributed by atoms with Crippen LogP contribution in [0.3, 0.4) is 0 Å². The molecule has 1 atom stereocenters. The zero-order valence-electron chi connectivity index (χ0n) is 10.3. The normalized spacial score (nSPS) is 13.8. The summed E-state index contributed by atoms with van der Waals surface area (Å²) in [6.45, 7) is -0.274. The standard InChI is InChI=1S/C9H14N5O5P/c10-8-7-9(12-3-11-8)14(4-13-7)1-6(2-15)19-5-20(16,17)18/h3-4,6,15H,1-2,5H2,(H2,10,11,12)(H2,16,17,18)/t6-/m1/s1. The number of aromatic nitrogens is 4. The van der Waals surface area contributed by atoms with Gasteiger partial charge in [0.05, 0.1) is 25.6 Å². The molecule has 0 bridgehead atoms. The lowest BCUT2D eigenvalue weighted by Gasteiger charge is -2.16. The lowest BCUT2D eigenvalue weighted by Crippen LogP contribution is -2.24. The van der Waals surface area contributed by atoms with E-state index < -0.39 is 26.7 Å². The summed E-state index contributed by atoms with van der Waals surface area (Å²) in [5.74, 6) is 0.227. The highest BCUT2D eigenvalue weighted by atomic mass is 31.2. The fourth-order valence-electron chi connectivity index (χ4n) is 1.62. The molecule has 2 aromatic heterocycles. The molecule has 2 aromatic rings. The van der Waals surface area contributed by atoms with Crippen LogP contribution in [-0.2, 0) is 15.8 Å². The van der Waals surface area contributed by atoms with E-state index in [0.717, 1.165) is 0 Å². The van der Waals surface area contributed by atoms with Crippen LogP contribution in [-0.4, -0.2) is 53.5 Å². The van der Waals surface area contributed by atoms with Gasteiger partial charge in [0, 0.05) is 0 Å². The Balaban J connectivity index is 2.14. The lowest BCUT2D eigenvalue weighted by molar-refractivity contribution is 0.0202. The molecule has 0 radical (unpaired) electrons. The predicted molar refractivity (Wildman–Crippen MR) is 68.6 cm³/mol. The van der Waals surface area contributed by atoms with Crippen LogP contribution in [0.15, 0.2) is 12.7 Å². The number of nitrogen functional groups attached to an aromatic ring is 1. The molecule has 110 valence electrons. The van der Waals surface area contributed by atoms with Gasteiger partial charge in [-0.1, -0.05) is 0 Å². The summed E-state index contributed by atoms with van der Waals surface area (Å²) in [6, 6.07) is 0. The summed E-state index contributed by atoms with van der Waals surface area (Å²) in [6.07, 6.45) is 1.16. The molecule has 0 fully saturated rings. The quantitative estimate of drug-likeness (QED) is 0.487. The Labute approximate surface area is 113 Å². The molecular weight excluding hydrogens is 289 g/mol. The topological polar surface area (TPSA) is 157 Å². The first kappa shape index (κ1) is 14.8. The van der Waals surface area contributed by atoms with Crippen molar-refractivity contribution in [2.75, 3.05) is 18.7 Å². The van der Waals surface area contributed by atoms with E-state index in [-0.39, 0.29) is 12.4 Å². The maximum atomic E-state index is 10.7. The van der Waals surface area contributed by atoms with E-state index in [1.54, 1.807) is 4.57 Å². The predicted octanol–water partition coefficient (Wildman–Crippen LogP) is -1.08. The van der Waals surface area contributed by atoms with E-state index in [2.05, 4.69) is 15.0 Å². The molecule has 11 heteroatoms. The van der Waals surface area contributed by atoms with Crippen LogP contribution in [0.2, 0.25) is 0 Å². The number of hydrogen-bond donors (Lipinski definition) is 4. The van der Waals surface area contributed by atoms with Crippen molar-refractivity contribution < 1.29 is 24.2 Å². The third kappa shape index (κ3) is 3.50. The molecule has 5 N–H and O–H groups in total. The van der Waals surface area contributed by atoms with Crippen molar-refractivity contribution in [2.24, 2.45) is 0 Å². The molecule has 0 aliphatic heterocycles. The number of anilines is 1. The Morgan fingerprint density at radius 3 is 2.80 bits per heavy atom. The molecule has 0 amide bonds. The number of ether oxygens (including phenoxy) is 1. The van der Waals surface area contributed by atoms with Gasteiger partial charge < -0.3 is 29.9 Å². The van der Waals surface area contributed by atoms with Gasteiger partial charge in [-0.15, -0.1) is 0 Å². The fraction of sp³-hybridized carbons (Fsp3) is 0.444. The van der Waals surface area contributed by atoms with Crippen LogP contribution in [0.5, 0.6) is 0 Å². The maximum absolute atomic E-state index is 10.7. The summed E-state index contributed by atoms with van der Waals surface area (Å²) in [5, 5.41) is 9.18. The molecule has 0 aliphatic rings. The molecule has 0 saturated carbocycles. The highest BCUT2D eigenvalue weighted by molar-refractivity contribution is 7.51. The van der Waals surface area contributed by atoms with Crippen LogP contribution in [0.1, 0.15) is 0 Å². The van der Waals surface area contributed by atoms with Crippen molar-refractivity contribution in [2.45, 2.75) is 12.6 Å². The molecule has 20 heavy (non-hydrogen) atoms.